The van der Waals surface area contributed by atoms with E-state index in [4.69, 9.17) is 11.6 Å². The summed E-state index contributed by atoms with van der Waals surface area (Å²) in [5, 5.41) is 4.01. The van der Waals surface area contributed by atoms with Gasteiger partial charge in [0.2, 0.25) is 0 Å². The second kappa shape index (κ2) is 6.91. The molecule has 4 aromatic rings. The minimum absolute atomic E-state index is 0.666. The molecular formula is C19H16ClN5. The molecule has 0 atom stereocenters. The third-order valence-electron chi connectivity index (χ3n) is 3.93. The van der Waals surface area contributed by atoms with Crippen LogP contribution in [0.1, 0.15) is 5.69 Å². The van der Waals surface area contributed by atoms with Gasteiger partial charge in [0.05, 0.1) is 10.5 Å². The molecule has 0 amide bonds. The van der Waals surface area contributed by atoms with Crippen molar-refractivity contribution in [1.29, 1.82) is 0 Å². The lowest BCUT2D eigenvalue weighted by molar-refractivity contribution is 0.955. The van der Waals surface area contributed by atoms with Gasteiger partial charge >= 0.3 is 0 Å². The van der Waals surface area contributed by atoms with Crippen molar-refractivity contribution >= 4 is 28.5 Å². The van der Waals surface area contributed by atoms with E-state index in [0.717, 1.165) is 46.9 Å². The number of anilines is 1. The molecule has 2 N–H and O–H groups in total. The minimum atomic E-state index is 0.666. The van der Waals surface area contributed by atoms with E-state index in [1.165, 1.54) is 0 Å². The van der Waals surface area contributed by atoms with Crippen LogP contribution in [-0.4, -0.2) is 26.5 Å². The van der Waals surface area contributed by atoms with Gasteiger partial charge < -0.3 is 10.3 Å². The van der Waals surface area contributed by atoms with Crippen LogP contribution in [-0.2, 0) is 6.42 Å². The summed E-state index contributed by atoms with van der Waals surface area (Å²) in [5.41, 5.74) is 3.64. The Labute approximate surface area is 150 Å². The normalized spacial score (nSPS) is 10.9. The van der Waals surface area contributed by atoms with E-state index in [2.05, 4.69) is 25.3 Å². The smallest absolute Gasteiger partial charge is 0.154 e. The van der Waals surface area contributed by atoms with E-state index in [1.54, 1.807) is 12.4 Å². The van der Waals surface area contributed by atoms with Crippen LogP contribution in [0.15, 0.2) is 60.9 Å². The number of fused-ring (bicyclic) bond motifs is 1. The van der Waals surface area contributed by atoms with Crippen LogP contribution in [0, 0.1) is 0 Å². The van der Waals surface area contributed by atoms with E-state index < -0.39 is 0 Å². The van der Waals surface area contributed by atoms with Crippen molar-refractivity contribution in [3.63, 3.8) is 0 Å². The van der Waals surface area contributed by atoms with Crippen LogP contribution in [0.5, 0.6) is 0 Å². The number of rotatable bonds is 5. The first-order chi connectivity index (χ1) is 12.3. The molecule has 0 radical (unpaired) electrons. The van der Waals surface area contributed by atoms with Crippen molar-refractivity contribution in [2.75, 3.05) is 11.9 Å². The van der Waals surface area contributed by atoms with E-state index in [1.807, 2.05) is 48.5 Å². The van der Waals surface area contributed by atoms with E-state index >= 15 is 0 Å². The fourth-order valence-electron chi connectivity index (χ4n) is 2.70. The molecule has 0 aliphatic carbocycles. The first-order valence-corrected chi connectivity index (χ1v) is 8.42. The van der Waals surface area contributed by atoms with Gasteiger partial charge in [0.25, 0.3) is 0 Å². The summed E-state index contributed by atoms with van der Waals surface area (Å²) < 4.78 is 0. The highest BCUT2D eigenvalue weighted by atomic mass is 35.5. The molecule has 0 aliphatic rings. The molecule has 5 nitrogen and oxygen atoms in total. The number of nitrogens with one attached hydrogen (secondary N) is 2. The lowest BCUT2D eigenvalue weighted by Gasteiger charge is -2.05. The van der Waals surface area contributed by atoms with Crippen LogP contribution >= 0.6 is 11.6 Å². The molecule has 1 aromatic carbocycles. The van der Waals surface area contributed by atoms with Crippen molar-refractivity contribution < 1.29 is 0 Å². The summed E-state index contributed by atoms with van der Waals surface area (Å²) in [5.74, 6) is 1.49. The average molecular weight is 350 g/mol. The molecule has 0 bridgehead atoms. The van der Waals surface area contributed by atoms with Gasteiger partial charge in [-0.3, -0.25) is 4.98 Å². The Hall–Kier alpha value is -2.92. The molecular weight excluding hydrogens is 334 g/mol. The van der Waals surface area contributed by atoms with Gasteiger partial charge in [-0.05, 0) is 30.3 Å². The minimum Gasteiger partial charge on any atom is -0.368 e. The highest BCUT2D eigenvalue weighted by Crippen LogP contribution is 2.28. The highest BCUT2D eigenvalue weighted by molar-refractivity contribution is 6.33. The Balaban J connectivity index is 1.59. The molecule has 4 rings (SSSR count). The van der Waals surface area contributed by atoms with E-state index in [-0.39, 0.29) is 0 Å². The first-order valence-electron chi connectivity index (χ1n) is 8.04. The van der Waals surface area contributed by atoms with Gasteiger partial charge in [0.1, 0.15) is 11.3 Å². The highest BCUT2D eigenvalue weighted by Gasteiger charge is 2.11. The summed E-state index contributed by atoms with van der Waals surface area (Å²) >= 11 is 6.28. The van der Waals surface area contributed by atoms with Gasteiger partial charge in [-0.1, -0.05) is 29.8 Å². The Morgan fingerprint density at radius 2 is 1.84 bits per heavy atom. The van der Waals surface area contributed by atoms with Crippen LogP contribution < -0.4 is 5.32 Å². The predicted molar refractivity (Wildman–Crippen MR) is 101 cm³/mol. The molecule has 6 heteroatoms. The van der Waals surface area contributed by atoms with Gasteiger partial charge in [0, 0.05) is 36.6 Å². The summed E-state index contributed by atoms with van der Waals surface area (Å²) in [7, 11) is 0. The lowest BCUT2D eigenvalue weighted by atomic mass is 10.2. The number of H-pyrrole nitrogens is 1. The standard InChI is InChI=1S/C19H16ClN5/c20-15-7-2-1-6-14(15)18-24-16-9-12-23-19(17(16)25-18)22-11-8-13-5-3-4-10-21-13/h1-7,9-10,12H,8,11H2,(H,22,23)(H,24,25). The van der Waals surface area contributed by atoms with Crippen molar-refractivity contribution in [2.24, 2.45) is 0 Å². The molecule has 0 fully saturated rings. The SMILES string of the molecule is Clc1ccccc1-c1nc2c(NCCc3ccccn3)nccc2[nH]1. The number of nitrogens with zero attached hydrogens (tertiary/aromatic N) is 3. The van der Waals surface area contributed by atoms with Crippen LogP contribution in [0.2, 0.25) is 5.02 Å². The van der Waals surface area contributed by atoms with Crippen molar-refractivity contribution in [2.45, 2.75) is 6.42 Å². The number of halogens is 1. The Bertz CT molecular complexity index is 997. The fraction of sp³-hybridized carbons (Fsp3) is 0.105. The van der Waals surface area contributed by atoms with E-state index in [0.29, 0.717) is 5.02 Å². The summed E-state index contributed by atoms with van der Waals surface area (Å²) in [4.78, 5) is 16.8. The van der Waals surface area contributed by atoms with Crippen molar-refractivity contribution in [1.82, 2.24) is 19.9 Å². The molecule has 3 aromatic heterocycles. The summed E-state index contributed by atoms with van der Waals surface area (Å²) in [6.07, 6.45) is 4.39. The van der Waals surface area contributed by atoms with Crippen LogP contribution in [0.25, 0.3) is 22.4 Å². The number of aromatic nitrogens is 4. The summed E-state index contributed by atoms with van der Waals surface area (Å²) in [6.45, 7) is 0.734. The number of aromatic amines is 1. The number of benzene rings is 1. The number of imidazole rings is 1. The molecule has 0 aliphatic heterocycles. The third-order valence-corrected chi connectivity index (χ3v) is 4.26. The lowest BCUT2D eigenvalue weighted by Crippen LogP contribution is -2.07. The first kappa shape index (κ1) is 15.6. The molecule has 0 saturated heterocycles. The number of pyridine rings is 2. The quantitative estimate of drug-likeness (QED) is 0.563. The van der Waals surface area contributed by atoms with Crippen molar-refractivity contribution in [3.05, 3.63) is 71.6 Å². The zero-order valence-electron chi connectivity index (χ0n) is 13.4. The van der Waals surface area contributed by atoms with E-state index in [9.17, 15) is 0 Å². The van der Waals surface area contributed by atoms with Gasteiger partial charge in [-0.15, -0.1) is 0 Å². The summed E-state index contributed by atoms with van der Waals surface area (Å²) in [6, 6.07) is 15.5. The number of hydrogen-bond donors (Lipinski definition) is 2. The topological polar surface area (TPSA) is 66.5 Å². The monoisotopic (exact) mass is 349 g/mol. The fourth-order valence-corrected chi connectivity index (χ4v) is 2.93. The molecule has 3 heterocycles. The van der Waals surface area contributed by atoms with Crippen LogP contribution in [0.3, 0.4) is 0 Å². The van der Waals surface area contributed by atoms with Gasteiger partial charge in [-0.2, -0.15) is 0 Å². The number of hydrogen-bond acceptors (Lipinski definition) is 4. The zero-order valence-corrected chi connectivity index (χ0v) is 14.2. The van der Waals surface area contributed by atoms with Crippen molar-refractivity contribution in [3.8, 4) is 11.4 Å². The maximum absolute atomic E-state index is 6.28. The largest absolute Gasteiger partial charge is 0.368 e. The maximum atomic E-state index is 6.28. The molecule has 124 valence electrons. The maximum Gasteiger partial charge on any atom is 0.154 e. The van der Waals surface area contributed by atoms with Gasteiger partial charge in [0.15, 0.2) is 5.82 Å². The molecule has 0 unspecified atom stereocenters. The Morgan fingerprint density at radius 1 is 0.960 bits per heavy atom. The second-order valence-corrected chi connectivity index (χ2v) is 6.03. The molecule has 25 heavy (non-hydrogen) atoms. The Morgan fingerprint density at radius 3 is 2.68 bits per heavy atom. The third kappa shape index (κ3) is 3.32. The molecule has 0 saturated carbocycles. The predicted octanol–water partition coefficient (Wildman–Crippen LogP) is 4.33. The Kier molecular flexibility index (Phi) is 4.31. The second-order valence-electron chi connectivity index (χ2n) is 5.62. The zero-order chi connectivity index (χ0) is 17.1. The molecule has 0 spiro atoms. The van der Waals surface area contributed by atoms with Gasteiger partial charge in [-0.25, -0.2) is 9.97 Å². The average Bonchev–Trinajstić information content (AvgIpc) is 3.08. The van der Waals surface area contributed by atoms with Crippen LogP contribution in [0.4, 0.5) is 5.82 Å².